The fraction of sp³-hybridized carbons (Fsp3) is 0.647. The summed E-state index contributed by atoms with van der Waals surface area (Å²) < 4.78 is 19.4. The van der Waals surface area contributed by atoms with Crippen molar-refractivity contribution >= 4 is 0 Å². The first-order valence-electron chi connectivity index (χ1n) is 7.66. The molecule has 2 fully saturated rings. The van der Waals surface area contributed by atoms with E-state index >= 15 is 0 Å². The van der Waals surface area contributed by atoms with Gasteiger partial charge in [0.15, 0.2) is 0 Å². The second kappa shape index (κ2) is 5.45. The lowest BCUT2D eigenvalue weighted by Crippen LogP contribution is -2.57. The van der Waals surface area contributed by atoms with Crippen LogP contribution in [-0.4, -0.2) is 31.2 Å². The van der Waals surface area contributed by atoms with E-state index in [2.05, 4.69) is 11.0 Å². The number of ether oxygens (including phenoxy) is 1. The second-order valence-corrected chi connectivity index (χ2v) is 6.77. The predicted octanol–water partition coefficient (Wildman–Crippen LogP) is 3.56. The molecule has 0 atom stereocenters. The van der Waals surface area contributed by atoms with E-state index in [4.69, 9.17) is 4.74 Å². The van der Waals surface area contributed by atoms with Gasteiger partial charge in [-0.25, -0.2) is 4.39 Å². The lowest BCUT2D eigenvalue weighted by molar-refractivity contribution is -0.0839. The van der Waals surface area contributed by atoms with Gasteiger partial charge in [-0.05, 0) is 36.0 Å². The van der Waals surface area contributed by atoms with E-state index in [1.807, 2.05) is 19.9 Å². The third kappa shape index (κ3) is 2.75. The quantitative estimate of drug-likeness (QED) is 0.837. The maximum Gasteiger partial charge on any atom is 0.126 e. The zero-order valence-electron chi connectivity index (χ0n) is 12.5. The van der Waals surface area contributed by atoms with Crippen LogP contribution < -0.4 is 0 Å². The van der Waals surface area contributed by atoms with E-state index < -0.39 is 0 Å². The molecule has 0 saturated carbocycles. The summed E-state index contributed by atoms with van der Waals surface area (Å²) in [5.74, 6) is 0.192. The van der Waals surface area contributed by atoms with Gasteiger partial charge in [0.05, 0.1) is 0 Å². The Morgan fingerprint density at radius 3 is 2.55 bits per heavy atom. The van der Waals surface area contributed by atoms with Gasteiger partial charge in [0, 0.05) is 38.3 Å². The monoisotopic (exact) mass is 277 g/mol. The fourth-order valence-corrected chi connectivity index (χ4v) is 3.53. The zero-order valence-corrected chi connectivity index (χ0v) is 12.5. The molecule has 3 rings (SSSR count). The van der Waals surface area contributed by atoms with Gasteiger partial charge in [-0.1, -0.05) is 26.0 Å². The molecule has 0 aromatic heterocycles. The van der Waals surface area contributed by atoms with Crippen LogP contribution in [0.1, 0.15) is 43.7 Å². The molecule has 20 heavy (non-hydrogen) atoms. The van der Waals surface area contributed by atoms with E-state index in [9.17, 15) is 4.39 Å². The van der Waals surface area contributed by atoms with Crippen LogP contribution in [0, 0.1) is 11.2 Å². The molecule has 1 aromatic rings. The highest BCUT2D eigenvalue weighted by Gasteiger charge is 2.43. The van der Waals surface area contributed by atoms with Crippen LogP contribution in [0.25, 0.3) is 0 Å². The first-order valence-corrected chi connectivity index (χ1v) is 7.66. The predicted molar refractivity (Wildman–Crippen MR) is 78.3 cm³/mol. The summed E-state index contributed by atoms with van der Waals surface area (Å²) in [5.41, 5.74) is 2.40. The highest BCUT2D eigenvalue weighted by Crippen LogP contribution is 2.40. The Kier molecular flexibility index (Phi) is 3.83. The van der Waals surface area contributed by atoms with Crippen molar-refractivity contribution in [2.45, 2.75) is 39.2 Å². The Labute approximate surface area is 120 Å². The van der Waals surface area contributed by atoms with Crippen molar-refractivity contribution in [2.75, 3.05) is 26.3 Å². The van der Waals surface area contributed by atoms with Crippen molar-refractivity contribution in [2.24, 2.45) is 5.41 Å². The SMILES string of the molecule is CC(C)c1ccc(CN2CC3(CCOCC3)C2)cc1F. The summed E-state index contributed by atoms with van der Waals surface area (Å²) in [7, 11) is 0. The third-order valence-corrected chi connectivity index (χ3v) is 4.76. The van der Waals surface area contributed by atoms with Crippen molar-refractivity contribution in [3.05, 3.63) is 35.1 Å². The van der Waals surface area contributed by atoms with Crippen molar-refractivity contribution in [3.8, 4) is 0 Å². The molecule has 0 amide bonds. The minimum absolute atomic E-state index is 0.0567. The number of hydrogen-bond donors (Lipinski definition) is 0. The van der Waals surface area contributed by atoms with E-state index in [1.165, 1.54) is 12.8 Å². The fourth-order valence-electron chi connectivity index (χ4n) is 3.53. The number of rotatable bonds is 3. The van der Waals surface area contributed by atoms with Gasteiger partial charge in [-0.3, -0.25) is 4.90 Å². The average Bonchev–Trinajstić information content (AvgIpc) is 2.38. The summed E-state index contributed by atoms with van der Waals surface area (Å²) in [6.07, 6.45) is 2.37. The lowest BCUT2D eigenvalue weighted by atomic mass is 9.73. The van der Waals surface area contributed by atoms with Crippen LogP contribution in [0.3, 0.4) is 0 Å². The van der Waals surface area contributed by atoms with E-state index in [1.54, 1.807) is 6.07 Å². The number of halogens is 1. The molecule has 110 valence electrons. The number of nitrogens with zero attached hydrogens (tertiary/aromatic N) is 1. The number of likely N-dealkylation sites (tertiary alicyclic amines) is 1. The van der Waals surface area contributed by atoms with Gasteiger partial charge in [-0.2, -0.15) is 0 Å². The van der Waals surface area contributed by atoms with Crippen LogP contribution in [-0.2, 0) is 11.3 Å². The Hall–Kier alpha value is -0.930. The largest absolute Gasteiger partial charge is 0.381 e. The number of hydrogen-bond acceptors (Lipinski definition) is 2. The number of benzene rings is 1. The van der Waals surface area contributed by atoms with Gasteiger partial charge < -0.3 is 4.74 Å². The van der Waals surface area contributed by atoms with E-state index in [0.717, 1.165) is 44.0 Å². The van der Waals surface area contributed by atoms with Crippen molar-refractivity contribution in [3.63, 3.8) is 0 Å². The molecule has 0 N–H and O–H groups in total. The molecule has 3 heteroatoms. The highest BCUT2D eigenvalue weighted by atomic mass is 19.1. The lowest BCUT2D eigenvalue weighted by Gasteiger charge is -2.52. The molecule has 0 radical (unpaired) electrons. The maximum atomic E-state index is 14.0. The van der Waals surface area contributed by atoms with Gasteiger partial charge >= 0.3 is 0 Å². The minimum Gasteiger partial charge on any atom is -0.381 e. The van der Waals surface area contributed by atoms with Crippen molar-refractivity contribution in [1.82, 2.24) is 4.90 Å². The standard InChI is InChI=1S/C17H24FNO/c1-13(2)15-4-3-14(9-16(15)18)10-19-11-17(12-19)5-7-20-8-6-17/h3-4,9,13H,5-8,10-12H2,1-2H3. The summed E-state index contributed by atoms with van der Waals surface area (Å²) >= 11 is 0. The Morgan fingerprint density at radius 2 is 1.95 bits per heavy atom. The van der Waals surface area contributed by atoms with Crippen LogP contribution >= 0.6 is 0 Å². The summed E-state index contributed by atoms with van der Waals surface area (Å²) in [4.78, 5) is 2.43. The molecule has 0 unspecified atom stereocenters. The normalized spacial score (nSPS) is 22.2. The van der Waals surface area contributed by atoms with Gasteiger partial charge in [0.2, 0.25) is 0 Å². The minimum atomic E-state index is -0.0567. The second-order valence-electron chi connectivity index (χ2n) is 6.77. The molecule has 0 aliphatic carbocycles. The molecule has 2 nitrogen and oxygen atoms in total. The first-order chi connectivity index (χ1) is 9.58. The van der Waals surface area contributed by atoms with Crippen molar-refractivity contribution in [1.29, 1.82) is 0 Å². The summed E-state index contributed by atoms with van der Waals surface area (Å²) in [5, 5.41) is 0. The van der Waals surface area contributed by atoms with Crippen LogP contribution in [0.2, 0.25) is 0 Å². The molecule has 2 heterocycles. The zero-order chi connectivity index (χ0) is 14.2. The van der Waals surface area contributed by atoms with Gasteiger partial charge in [0.25, 0.3) is 0 Å². The maximum absolute atomic E-state index is 14.0. The van der Waals surface area contributed by atoms with E-state index in [0.29, 0.717) is 5.41 Å². The molecular weight excluding hydrogens is 253 g/mol. The molecule has 0 bridgehead atoms. The Morgan fingerprint density at radius 1 is 1.25 bits per heavy atom. The Bertz CT molecular complexity index is 472. The third-order valence-electron chi connectivity index (χ3n) is 4.76. The highest BCUT2D eigenvalue weighted by molar-refractivity contribution is 5.26. The van der Waals surface area contributed by atoms with Crippen LogP contribution in [0.15, 0.2) is 18.2 Å². The molecular formula is C17H24FNO. The van der Waals surface area contributed by atoms with Gasteiger partial charge in [0.1, 0.15) is 5.82 Å². The summed E-state index contributed by atoms with van der Waals surface area (Å²) in [6, 6.07) is 5.73. The van der Waals surface area contributed by atoms with Gasteiger partial charge in [-0.15, -0.1) is 0 Å². The molecule has 1 aromatic carbocycles. The van der Waals surface area contributed by atoms with Crippen molar-refractivity contribution < 1.29 is 9.13 Å². The first kappa shape index (κ1) is 14.0. The molecule has 2 saturated heterocycles. The van der Waals surface area contributed by atoms with Crippen LogP contribution in [0.4, 0.5) is 4.39 Å². The smallest absolute Gasteiger partial charge is 0.126 e. The summed E-state index contributed by atoms with van der Waals surface area (Å²) in [6.45, 7) is 9.04. The molecule has 1 spiro atoms. The van der Waals surface area contributed by atoms with E-state index in [-0.39, 0.29) is 11.7 Å². The topological polar surface area (TPSA) is 12.5 Å². The molecule has 2 aliphatic heterocycles. The Balaban J connectivity index is 1.58. The average molecular weight is 277 g/mol. The van der Waals surface area contributed by atoms with Crippen LogP contribution in [0.5, 0.6) is 0 Å². The molecule has 2 aliphatic rings.